The number of benzene rings is 1. The second-order valence-corrected chi connectivity index (χ2v) is 5.33. The Bertz CT molecular complexity index is 716. The first-order valence-electron chi connectivity index (χ1n) is 6.58. The molecule has 0 spiro atoms. The average Bonchev–Trinajstić information content (AvgIpc) is 2.84. The minimum absolute atomic E-state index is 0.00237. The summed E-state index contributed by atoms with van der Waals surface area (Å²) in [7, 11) is 1.36. The van der Waals surface area contributed by atoms with E-state index in [0.717, 1.165) is 0 Å². The van der Waals surface area contributed by atoms with Gasteiger partial charge in [-0.3, -0.25) is 0 Å². The number of esters is 1. The summed E-state index contributed by atoms with van der Waals surface area (Å²) < 4.78 is 6.68. The molecule has 5 nitrogen and oxygen atoms in total. The topological polar surface area (TPSA) is 67.9 Å². The van der Waals surface area contributed by atoms with Gasteiger partial charge in [-0.2, -0.15) is 5.26 Å². The number of ether oxygens (including phenoxy) is 1. The molecule has 1 aromatic carbocycles. The van der Waals surface area contributed by atoms with Crippen LogP contribution in [0, 0.1) is 17.2 Å². The number of nitriles is 1. The fourth-order valence-electron chi connectivity index (χ4n) is 2.41. The van der Waals surface area contributed by atoms with Crippen LogP contribution in [-0.4, -0.2) is 22.6 Å². The Morgan fingerprint density at radius 1 is 1.52 bits per heavy atom. The first-order chi connectivity index (χ1) is 10.0. The minimum Gasteiger partial charge on any atom is -0.467 e. The van der Waals surface area contributed by atoms with Gasteiger partial charge in [0.05, 0.1) is 35.7 Å². The van der Waals surface area contributed by atoms with Crippen LogP contribution in [0.1, 0.15) is 31.3 Å². The van der Waals surface area contributed by atoms with Crippen molar-refractivity contribution in [3.63, 3.8) is 0 Å². The predicted molar refractivity (Wildman–Crippen MR) is 79.9 cm³/mol. The first-order valence-corrected chi connectivity index (χ1v) is 7.11. The molecule has 0 aliphatic carbocycles. The summed E-state index contributed by atoms with van der Waals surface area (Å²) in [5.74, 6) is 0.419. The van der Waals surface area contributed by atoms with Gasteiger partial charge in [0, 0.05) is 0 Å². The molecule has 0 amide bonds. The number of carbonyl (C=O) groups excluding carboxylic acids is 1. The predicted octanol–water partition coefficient (Wildman–Crippen LogP) is 3.02. The van der Waals surface area contributed by atoms with Gasteiger partial charge in [-0.05, 0) is 24.1 Å². The van der Waals surface area contributed by atoms with Crippen molar-refractivity contribution in [2.75, 3.05) is 7.11 Å². The van der Waals surface area contributed by atoms with Crippen molar-refractivity contribution in [3.8, 4) is 6.07 Å². The Morgan fingerprint density at radius 2 is 2.24 bits per heavy atom. The van der Waals surface area contributed by atoms with Crippen LogP contribution >= 0.6 is 11.6 Å². The smallest absolute Gasteiger partial charge is 0.329 e. The van der Waals surface area contributed by atoms with E-state index in [0.29, 0.717) is 22.4 Å². The van der Waals surface area contributed by atoms with Gasteiger partial charge >= 0.3 is 5.97 Å². The van der Waals surface area contributed by atoms with E-state index in [2.05, 4.69) is 11.1 Å². The third-order valence-corrected chi connectivity index (χ3v) is 3.60. The quantitative estimate of drug-likeness (QED) is 0.643. The molecule has 0 aliphatic heterocycles. The van der Waals surface area contributed by atoms with Crippen LogP contribution in [0.2, 0.25) is 0 Å². The van der Waals surface area contributed by atoms with E-state index in [1.165, 1.54) is 7.11 Å². The minimum atomic E-state index is -0.525. The van der Waals surface area contributed by atoms with Crippen LogP contribution in [0.4, 0.5) is 0 Å². The van der Waals surface area contributed by atoms with Crippen molar-refractivity contribution < 1.29 is 9.53 Å². The van der Waals surface area contributed by atoms with Crippen LogP contribution in [0.25, 0.3) is 11.0 Å². The van der Waals surface area contributed by atoms with Gasteiger partial charge in [-0.25, -0.2) is 9.78 Å². The van der Waals surface area contributed by atoms with Crippen molar-refractivity contribution in [1.82, 2.24) is 9.55 Å². The number of alkyl halides is 1. The molecule has 0 saturated heterocycles. The number of carbonyl (C=O) groups is 1. The number of hydrogen-bond acceptors (Lipinski definition) is 4. The Labute approximate surface area is 128 Å². The maximum Gasteiger partial charge on any atom is 0.329 e. The highest BCUT2D eigenvalue weighted by molar-refractivity contribution is 6.17. The number of imidazole rings is 1. The molecule has 0 N–H and O–H groups in total. The molecule has 0 bridgehead atoms. The second kappa shape index (κ2) is 6.15. The van der Waals surface area contributed by atoms with Crippen molar-refractivity contribution in [1.29, 1.82) is 5.26 Å². The number of aromatic nitrogens is 2. The zero-order valence-electron chi connectivity index (χ0n) is 12.1. The maximum atomic E-state index is 12.1. The summed E-state index contributed by atoms with van der Waals surface area (Å²) in [6.45, 7) is 3.86. The lowest BCUT2D eigenvalue weighted by atomic mass is 10.0. The zero-order valence-corrected chi connectivity index (χ0v) is 12.9. The number of nitrogens with zero attached hydrogens (tertiary/aromatic N) is 3. The van der Waals surface area contributed by atoms with E-state index in [1.807, 2.05) is 13.8 Å². The zero-order chi connectivity index (χ0) is 15.6. The lowest BCUT2D eigenvalue weighted by Crippen LogP contribution is -2.27. The molecular formula is C15H16ClN3O2. The van der Waals surface area contributed by atoms with E-state index in [-0.39, 0.29) is 17.8 Å². The number of rotatable bonds is 4. The Kier molecular flexibility index (Phi) is 4.49. The fourth-order valence-corrected chi connectivity index (χ4v) is 2.60. The van der Waals surface area contributed by atoms with Gasteiger partial charge in [0.1, 0.15) is 11.9 Å². The molecule has 1 aromatic heterocycles. The van der Waals surface area contributed by atoms with E-state index in [4.69, 9.17) is 21.6 Å². The second-order valence-electron chi connectivity index (χ2n) is 5.06. The third kappa shape index (κ3) is 2.72. The molecule has 1 heterocycles. The van der Waals surface area contributed by atoms with Gasteiger partial charge < -0.3 is 9.30 Å². The SMILES string of the molecule is COC(=O)C(C(C)C)n1c(CCl)nc2ccc(C#N)cc21. The highest BCUT2D eigenvalue weighted by atomic mass is 35.5. The van der Waals surface area contributed by atoms with E-state index < -0.39 is 6.04 Å². The van der Waals surface area contributed by atoms with Gasteiger partial charge in [0.25, 0.3) is 0 Å². The van der Waals surface area contributed by atoms with Crippen LogP contribution in [0.3, 0.4) is 0 Å². The van der Waals surface area contributed by atoms with Crippen molar-refractivity contribution >= 4 is 28.6 Å². The Morgan fingerprint density at radius 3 is 2.76 bits per heavy atom. The summed E-state index contributed by atoms with van der Waals surface area (Å²) >= 11 is 5.97. The summed E-state index contributed by atoms with van der Waals surface area (Å²) in [6, 6.07) is 6.74. The van der Waals surface area contributed by atoms with Crippen LogP contribution in [-0.2, 0) is 15.4 Å². The largest absolute Gasteiger partial charge is 0.467 e. The van der Waals surface area contributed by atoms with Crippen LogP contribution < -0.4 is 0 Å². The number of fused-ring (bicyclic) bond motifs is 1. The van der Waals surface area contributed by atoms with E-state index in [9.17, 15) is 4.79 Å². The molecule has 0 saturated carbocycles. The van der Waals surface area contributed by atoms with Crippen LogP contribution in [0.5, 0.6) is 0 Å². The molecule has 21 heavy (non-hydrogen) atoms. The molecular weight excluding hydrogens is 290 g/mol. The Balaban J connectivity index is 2.74. The molecule has 6 heteroatoms. The van der Waals surface area contributed by atoms with E-state index in [1.54, 1.807) is 22.8 Å². The van der Waals surface area contributed by atoms with Gasteiger partial charge in [-0.1, -0.05) is 13.8 Å². The van der Waals surface area contributed by atoms with Crippen molar-refractivity contribution in [3.05, 3.63) is 29.6 Å². The molecule has 0 radical (unpaired) electrons. The number of methoxy groups -OCH3 is 1. The Hall–Kier alpha value is -2.06. The fraction of sp³-hybridized carbons (Fsp3) is 0.400. The average molecular weight is 306 g/mol. The molecule has 0 aliphatic rings. The van der Waals surface area contributed by atoms with Gasteiger partial charge in [-0.15, -0.1) is 11.6 Å². The monoisotopic (exact) mass is 305 g/mol. The van der Waals surface area contributed by atoms with E-state index >= 15 is 0 Å². The highest BCUT2D eigenvalue weighted by Crippen LogP contribution is 2.28. The van der Waals surface area contributed by atoms with Crippen LogP contribution in [0.15, 0.2) is 18.2 Å². The molecule has 110 valence electrons. The van der Waals surface area contributed by atoms with Crippen molar-refractivity contribution in [2.24, 2.45) is 5.92 Å². The molecule has 1 atom stereocenters. The normalized spacial score (nSPS) is 12.4. The molecule has 0 fully saturated rings. The summed E-state index contributed by atoms with van der Waals surface area (Å²) in [6.07, 6.45) is 0. The summed E-state index contributed by atoms with van der Waals surface area (Å²) in [5, 5.41) is 9.06. The number of halogens is 1. The molecule has 2 rings (SSSR count). The highest BCUT2D eigenvalue weighted by Gasteiger charge is 2.29. The first kappa shape index (κ1) is 15.3. The molecule has 2 aromatic rings. The van der Waals surface area contributed by atoms with Gasteiger partial charge in [0.15, 0.2) is 0 Å². The molecule has 1 unspecified atom stereocenters. The lowest BCUT2D eigenvalue weighted by molar-refractivity contribution is -0.145. The lowest BCUT2D eigenvalue weighted by Gasteiger charge is -2.22. The summed E-state index contributed by atoms with van der Waals surface area (Å²) in [4.78, 5) is 16.6. The standard InChI is InChI=1S/C15H16ClN3O2/c1-9(2)14(15(20)21-3)19-12-6-10(8-17)4-5-11(12)18-13(19)7-16/h4-6,9,14H,7H2,1-3H3. The third-order valence-electron chi connectivity index (χ3n) is 3.36. The maximum absolute atomic E-state index is 12.1. The number of hydrogen-bond donors (Lipinski definition) is 0. The van der Waals surface area contributed by atoms with Crippen molar-refractivity contribution in [2.45, 2.75) is 25.8 Å². The van der Waals surface area contributed by atoms with Gasteiger partial charge in [0.2, 0.25) is 0 Å². The summed E-state index contributed by atoms with van der Waals surface area (Å²) in [5.41, 5.74) is 1.94.